The molecule has 1 saturated carbocycles. The van der Waals surface area contributed by atoms with Gasteiger partial charge in [0.1, 0.15) is 6.33 Å². The number of benzene rings is 2. The van der Waals surface area contributed by atoms with E-state index in [1.807, 2.05) is 31.2 Å². The van der Waals surface area contributed by atoms with E-state index in [1.54, 1.807) is 33.5 Å². The van der Waals surface area contributed by atoms with Crippen LogP contribution in [-0.4, -0.2) is 35.6 Å². The number of aryl methyl sites for hydroxylation is 1. The molecular weight excluding hydrogens is 521 g/mol. The summed E-state index contributed by atoms with van der Waals surface area (Å²) in [7, 11) is 0. The van der Waals surface area contributed by atoms with Crippen LogP contribution in [0.4, 0.5) is 4.39 Å². The molecule has 192 valence electrons. The second-order valence-electron chi connectivity index (χ2n) is 10.3. The van der Waals surface area contributed by atoms with Crippen molar-refractivity contribution < 1.29 is 8.91 Å². The van der Waals surface area contributed by atoms with E-state index in [0.717, 1.165) is 34.3 Å². The molecule has 9 nitrogen and oxygen atoms in total. The molecule has 2 aliphatic heterocycles. The molecule has 0 spiro atoms. The van der Waals surface area contributed by atoms with Gasteiger partial charge in [0, 0.05) is 51.4 Å². The molecule has 11 heteroatoms. The lowest BCUT2D eigenvalue weighted by Crippen LogP contribution is -2.29. The quantitative estimate of drug-likeness (QED) is 0.282. The van der Waals surface area contributed by atoms with Crippen molar-refractivity contribution in [2.45, 2.75) is 31.7 Å². The lowest BCUT2D eigenvalue weighted by Gasteiger charge is -2.20. The Balaban J connectivity index is 1.16. The number of halogens is 2. The summed E-state index contributed by atoms with van der Waals surface area (Å²) in [6.45, 7) is 1.87. The summed E-state index contributed by atoms with van der Waals surface area (Å²) in [5.74, 6) is -0.0702. The van der Waals surface area contributed by atoms with Gasteiger partial charge in [0.15, 0.2) is 5.58 Å². The van der Waals surface area contributed by atoms with Crippen LogP contribution in [0.2, 0.25) is 5.02 Å². The summed E-state index contributed by atoms with van der Waals surface area (Å²) in [4.78, 5) is 18.0. The summed E-state index contributed by atoms with van der Waals surface area (Å²) in [6.07, 6.45) is 2.77. The summed E-state index contributed by atoms with van der Waals surface area (Å²) >= 11 is 6.33. The van der Waals surface area contributed by atoms with E-state index in [2.05, 4.69) is 25.7 Å². The lowest BCUT2D eigenvalue weighted by molar-refractivity contribution is 0.450. The second kappa shape index (κ2) is 8.03. The maximum absolute atomic E-state index is 15.2. The molecule has 0 N–H and O–H groups in total. The zero-order valence-corrected chi connectivity index (χ0v) is 21.3. The number of hydrogen-bond acceptors (Lipinski definition) is 7. The van der Waals surface area contributed by atoms with Gasteiger partial charge in [-0.15, -0.1) is 5.10 Å². The maximum Gasteiger partial charge on any atom is 0.251 e. The molecule has 3 aromatic heterocycles. The Kier molecular flexibility index (Phi) is 4.64. The Morgan fingerprint density at radius 1 is 1.10 bits per heavy atom. The van der Waals surface area contributed by atoms with Crippen LogP contribution in [0.25, 0.3) is 33.4 Å². The topological polar surface area (TPSA) is 104 Å². The van der Waals surface area contributed by atoms with Gasteiger partial charge in [0.05, 0.1) is 17.4 Å². The van der Waals surface area contributed by atoms with E-state index in [4.69, 9.17) is 16.1 Å². The fraction of sp³-hybridized carbons (Fsp3) is 0.214. The fourth-order valence-corrected chi connectivity index (χ4v) is 6.34. The highest BCUT2D eigenvalue weighted by molar-refractivity contribution is 6.31. The van der Waals surface area contributed by atoms with Gasteiger partial charge in [-0.25, -0.2) is 4.99 Å². The first-order valence-electron chi connectivity index (χ1n) is 12.6. The van der Waals surface area contributed by atoms with Crippen LogP contribution in [0.3, 0.4) is 0 Å². The average molecular weight is 540 g/mol. The minimum absolute atomic E-state index is 0.155. The molecule has 8 rings (SSSR count). The molecule has 2 aromatic carbocycles. The molecule has 3 atom stereocenters. The molecule has 3 aliphatic rings. The Labute approximate surface area is 225 Å². The van der Waals surface area contributed by atoms with Crippen LogP contribution in [0.15, 0.2) is 75.1 Å². The molecule has 39 heavy (non-hydrogen) atoms. The van der Waals surface area contributed by atoms with Crippen LogP contribution in [0.1, 0.15) is 41.8 Å². The van der Waals surface area contributed by atoms with E-state index >= 15 is 4.39 Å². The molecule has 0 radical (unpaired) electrons. The summed E-state index contributed by atoms with van der Waals surface area (Å²) < 4.78 is 23.9. The third kappa shape index (κ3) is 3.37. The molecule has 1 aliphatic carbocycles. The minimum Gasteiger partial charge on any atom is -0.356 e. The SMILES string of the molecule is Cc1noc2cc(C3=C(F)N=C(C4C5CC5c5cc(-c6cc(Cl)ccc6-n6cnnn6)cc(=O)n54)C3)ccc12. The van der Waals surface area contributed by atoms with Crippen LogP contribution in [-0.2, 0) is 0 Å². The van der Waals surface area contributed by atoms with Gasteiger partial charge < -0.3 is 9.09 Å². The number of tetrazole rings is 1. The third-order valence-corrected chi connectivity index (χ3v) is 8.29. The summed E-state index contributed by atoms with van der Waals surface area (Å²) in [5.41, 5.74) is 6.27. The van der Waals surface area contributed by atoms with Gasteiger partial charge in [0.2, 0.25) is 5.95 Å². The molecule has 0 saturated heterocycles. The molecule has 5 aromatic rings. The van der Waals surface area contributed by atoms with E-state index in [-0.39, 0.29) is 23.4 Å². The van der Waals surface area contributed by atoms with Gasteiger partial charge in [-0.05, 0) is 77.2 Å². The van der Waals surface area contributed by atoms with Crippen LogP contribution in [0.5, 0.6) is 0 Å². The van der Waals surface area contributed by atoms with Gasteiger partial charge in [-0.3, -0.25) is 4.79 Å². The van der Waals surface area contributed by atoms with E-state index in [9.17, 15) is 4.79 Å². The standard InChI is InChI=1S/C28H19ClFN7O2/c1-13-17-4-2-14(7-25(17)39-33-13)19-11-22(32-28(19)30)27-21-10-20(21)24-6-15(8-26(38)37(24)27)18-9-16(29)3-5-23(18)36-12-31-34-35-36/h2-9,12,20-21,27H,10-11H2,1H3. The van der Waals surface area contributed by atoms with Crippen molar-refractivity contribution in [3.05, 3.63) is 93.1 Å². The van der Waals surface area contributed by atoms with Gasteiger partial charge in [-0.2, -0.15) is 9.07 Å². The number of nitrogens with zero attached hydrogens (tertiary/aromatic N) is 7. The van der Waals surface area contributed by atoms with Crippen molar-refractivity contribution in [1.29, 1.82) is 0 Å². The molecule has 0 amide bonds. The van der Waals surface area contributed by atoms with Crippen molar-refractivity contribution in [2.75, 3.05) is 0 Å². The molecular formula is C28H19ClFN7O2. The molecule has 5 heterocycles. The van der Waals surface area contributed by atoms with Crippen LogP contribution in [0, 0.1) is 12.8 Å². The smallest absolute Gasteiger partial charge is 0.251 e. The maximum atomic E-state index is 15.2. The number of aromatic nitrogens is 6. The highest BCUT2D eigenvalue weighted by Gasteiger charge is 2.55. The first kappa shape index (κ1) is 22.5. The van der Waals surface area contributed by atoms with Gasteiger partial charge in [-0.1, -0.05) is 22.8 Å². The highest BCUT2D eigenvalue weighted by atomic mass is 35.5. The Hall–Kier alpha value is -4.44. The zero-order chi connectivity index (χ0) is 26.4. The Morgan fingerprint density at radius 2 is 2.00 bits per heavy atom. The average Bonchev–Trinajstić information content (AvgIpc) is 3.30. The highest BCUT2D eigenvalue weighted by Crippen LogP contribution is 2.60. The minimum atomic E-state index is -0.513. The zero-order valence-electron chi connectivity index (χ0n) is 20.5. The number of hydrogen-bond donors (Lipinski definition) is 0. The van der Waals surface area contributed by atoms with Gasteiger partial charge >= 0.3 is 0 Å². The lowest BCUT2D eigenvalue weighted by atomic mass is 9.97. The van der Waals surface area contributed by atoms with Crippen LogP contribution < -0.4 is 5.56 Å². The predicted octanol–water partition coefficient (Wildman–Crippen LogP) is 5.44. The first-order valence-corrected chi connectivity index (χ1v) is 13.0. The number of allylic oxidation sites excluding steroid dienone is 1. The third-order valence-electron chi connectivity index (χ3n) is 8.06. The largest absolute Gasteiger partial charge is 0.356 e. The first-order chi connectivity index (χ1) is 19.0. The predicted molar refractivity (Wildman–Crippen MR) is 143 cm³/mol. The van der Waals surface area contributed by atoms with Crippen molar-refractivity contribution in [3.8, 4) is 16.8 Å². The summed E-state index contributed by atoms with van der Waals surface area (Å²) in [6, 6.07) is 14.3. The number of aliphatic imine (C=N–C) groups is 1. The Bertz CT molecular complexity index is 1960. The van der Waals surface area contributed by atoms with Crippen molar-refractivity contribution in [2.24, 2.45) is 10.9 Å². The van der Waals surface area contributed by atoms with Crippen LogP contribution >= 0.6 is 11.6 Å². The van der Waals surface area contributed by atoms with Crippen molar-refractivity contribution in [1.82, 2.24) is 29.9 Å². The second-order valence-corrected chi connectivity index (χ2v) is 10.7. The van der Waals surface area contributed by atoms with E-state index in [0.29, 0.717) is 39.6 Å². The normalized spacial score (nSPS) is 21.4. The monoisotopic (exact) mass is 539 g/mol. The molecule has 3 unspecified atom stereocenters. The number of pyridine rings is 1. The number of rotatable bonds is 4. The summed E-state index contributed by atoms with van der Waals surface area (Å²) in [5, 5.41) is 16.9. The van der Waals surface area contributed by atoms with E-state index < -0.39 is 5.95 Å². The van der Waals surface area contributed by atoms with Crippen molar-refractivity contribution >= 4 is 33.9 Å². The van der Waals surface area contributed by atoms with E-state index in [1.165, 1.54) is 6.33 Å². The number of fused-ring (bicyclic) bond motifs is 4. The fourth-order valence-electron chi connectivity index (χ4n) is 6.17. The van der Waals surface area contributed by atoms with Crippen molar-refractivity contribution in [3.63, 3.8) is 0 Å². The molecule has 0 bridgehead atoms. The Morgan fingerprint density at radius 3 is 2.85 bits per heavy atom. The van der Waals surface area contributed by atoms with Gasteiger partial charge in [0.25, 0.3) is 5.56 Å². The molecule has 1 fully saturated rings.